The van der Waals surface area contributed by atoms with E-state index in [2.05, 4.69) is 25.6 Å². The molecule has 0 rings (SSSR count). The maximum Gasteiger partial charge on any atom is 0.440 e. The molecule has 0 saturated carbocycles. The molecule has 0 aromatic heterocycles. The Morgan fingerprint density at radius 3 is 1.55 bits per heavy atom. The van der Waals surface area contributed by atoms with E-state index < -0.39 is 12.1 Å². The number of esters is 1. The van der Waals surface area contributed by atoms with Crippen molar-refractivity contribution in [2.75, 3.05) is 13.2 Å². The van der Waals surface area contributed by atoms with Crippen LogP contribution in [0.5, 0.6) is 0 Å². The Kier molecular flexibility index (Phi) is 28.8. The van der Waals surface area contributed by atoms with Crippen LogP contribution in [0, 0.1) is 5.92 Å². The van der Waals surface area contributed by atoms with Crippen LogP contribution < -0.4 is 5.48 Å². The van der Waals surface area contributed by atoms with E-state index in [1.165, 1.54) is 89.9 Å². The van der Waals surface area contributed by atoms with Crippen LogP contribution in [-0.2, 0) is 23.9 Å². The largest absolute Gasteiger partial charge is 0.465 e. The smallest absolute Gasteiger partial charge is 0.440 e. The first-order valence-electron chi connectivity index (χ1n) is 16.8. The van der Waals surface area contributed by atoms with E-state index in [9.17, 15) is 14.4 Å². The van der Waals surface area contributed by atoms with Gasteiger partial charge in [0.2, 0.25) is 0 Å². The van der Waals surface area contributed by atoms with Gasteiger partial charge >= 0.3 is 18.0 Å². The number of hydrogen-bond acceptors (Lipinski definition) is 6. The third-order valence-corrected chi connectivity index (χ3v) is 7.40. The summed E-state index contributed by atoms with van der Waals surface area (Å²) in [5.41, 5.74) is 2.02. The van der Waals surface area contributed by atoms with Crippen LogP contribution in [0.2, 0.25) is 0 Å². The Hall–Kier alpha value is -1.79. The van der Waals surface area contributed by atoms with Gasteiger partial charge in [0.1, 0.15) is 0 Å². The molecule has 0 fully saturated rings. The molecular weight excluding hydrogens is 506 g/mol. The summed E-state index contributed by atoms with van der Waals surface area (Å²) in [6.45, 7) is 7.32. The molecule has 0 aliphatic heterocycles. The Morgan fingerprint density at radius 1 is 0.525 bits per heavy atom. The molecule has 0 aromatic carbocycles. The summed E-state index contributed by atoms with van der Waals surface area (Å²) in [5.74, 6) is -0.115. The van der Waals surface area contributed by atoms with E-state index in [1.807, 2.05) is 5.48 Å². The first-order chi connectivity index (χ1) is 19.5. The summed E-state index contributed by atoms with van der Waals surface area (Å²) < 4.78 is 10.7. The van der Waals surface area contributed by atoms with Crippen molar-refractivity contribution in [2.45, 2.75) is 175 Å². The highest BCUT2D eigenvalue weighted by molar-refractivity contribution is 5.73. The predicted octanol–water partition coefficient (Wildman–Crippen LogP) is 9.75. The zero-order valence-corrected chi connectivity index (χ0v) is 26.4. The molecule has 1 N–H and O–H groups in total. The van der Waals surface area contributed by atoms with Gasteiger partial charge in [-0.2, -0.15) is 0 Å². The topological polar surface area (TPSA) is 90.9 Å². The lowest BCUT2D eigenvalue weighted by atomic mass is 9.94. The van der Waals surface area contributed by atoms with Gasteiger partial charge in [-0.25, -0.2) is 9.59 Å². The molecule has 236 valence electrons. The van der Waals surface area contributed by atoms with E-state index in [1.54, 1.807) is 0 Å². The molecule has 0 aliphatic carbocycles. The Bertz CT molecular complexity index is 597. The lowest BCUT2D eigenvalue weighted by molar-refractivity contribution is -0.150. The molecule has 0 radical (unpaired) electrons. The van der Waals surface area contributed by atoms with Gasteiger partial charge in [0.25, 0.3) is 0 Å². The number of unbranched alkanes of at least 4 members (excludes halogenated alkanes) is 16. The zero-order valence-electron chi connectivity index (χ0n) is 26.4. The van der Waals surface area contributed by atoms with E-state index >= 15 is 0 Å². The van der Waals surface area contributed by atoms with Gasteiger partial charge in [-0.15, -0.1) is 5.48 Å². The highest BCUT2D eigenvalue weighted by atomic mass is 16.7. The van der Waals surface area contributed by atoms with E-state index in [0.29, 0.717) is 31.8 Å². The van der Waals surface area contributed by atoms with Gasteiger partial charge in [0.15, 0.2) is 0 Å². The van der Waals surface area contributed by atoms with Crippen LogP contribution in [0.15, 0.2) is 0 Å². The summed E-state index contributed by atoms with van der Waals surface area (Å²) in [6, 6.07) is 0. The molecule has 1 atom stereocenters. The average Bonchev–Trinajstić information content (AvgIpc) is 2.95. The number of carbonyl (C=O) groups is 3. The van der Waals surface area contributed by atoms with Crippen molar-refractivity contribution in [1.29, 1.82) is 0 Å². The lowest BCUT2D eigenvalue weighted by Crippen LogP contribution is -2.28. The molecule has 0 saturated heterocycles. The van der Waals surface area contributed by atoms with Gasteiger partial charge in [0.05, 0.1) is 13.2 Å². The van der Waals surface area contributed by atoms with Crippen molar-refractivity contribution in [3.63, 3.8) is 0 Å². The molecule has 40 heavy (non-hydrogen) atoms. The number of amides is 1. The van der Waals surface area contributed by atoms with Crippen LogP contribution in [-0.4, -0.2) is 31.2 Å². The number of hydroxylamine groups is 1. The van der Waals surface area contributed by atoms with Gasteiger partial charge < -0.3 is 14.3 Å². The molecule has 0 aliphatic rings. The van der Waals surface area contributed by atoms with E-state index in [0.717, 1.165) is 38.5 Å². The second kappa shape index (κ2) is 30.2. The summed E-state index contributed by atoms with van der Waals surface area (Å²) >= 11 is 0. The van der Waals surface area contributed by atoms with Crippen LogP contribution in [0.3, 0.4) is 0 Å². The number of ether oxygens (including phenoxy) is 2. The van der Waals surface area contributed by atoms with Gasteiger partial charge in [-0.1, -0.05) is 124 Å². The lowest BCUT2D eigenvalue weighted by Gasteiger charge is -2.17. The fraction of sp³-hybridized carbons (Fsp3) is 0.909. The minimum absolute atomic E-state index is 0.127. The normalized spacial score (nSPS) is 11.7. The van der Waals surface area contributed by atoms with Crippen molar-refractivity contribution < 1.29 is 28.7 Å². The van der Waals surface area contributed by atoms with Crippen molar-refractivity contribution in [2.24, 2.45) is 5.92 Å². The van der Waals surface area contributed by atoms with Crippen LogP contribution in [0.4, 0.5) is 4.79 Å². The van der Waals surface area contributed by atoms with Crippen LogP contribution in [0.25, 0.3) is 0 Å². The SMILES string of the molecule is CCCCCCCCCCC(CCCCCCCC)COC(=O)CCCCCOC(=O)NOC(=O)CCCCC. The fourth-order valence-corrected chi connectivity index (χ4v) is 4.79. The highest BCUT2D eigenvalue weighted by Gasteiger charge is 2.13. The number of carbonyl (C=O) groups excluding carboxylic acids is 3. The minimum atomic E-state index is -0.767. The van der Waals surface area contributed by atoms with Crippen molar-refractivity contribution >= 4 is 18.0 Å². The summed E-state index contributed by atoms with van der Waals surface area (Å²) in [5, 5.41) is 0. The van der Waals surface area contributed by atoms with Crippen molar-refractivity contribution in [1.82, 2.24) is 5.48 Å². The molecule has 1 unspecified atom stereocenters. The summed E-state index contributed by atoms with van der Waals surface area (Å²) in [4.78, 5) is 40.1. The second-order valence-corrected chi connectivity index (χ2v) is 11.3. The minimum Gasteiger partial charge on any atom is -0.465 e. The van der Waals surface area contributed by atoms with Crippen LogP contribution >= 0.6 is 0 Å². The monoisotopic (exact) mass is 569 g/mol. The third kappa shape index (κ3) is 27.8. The molecule has 1 amide bonds. The third-order valence-electron chi connectivity index (χ3n) is 7.40. The van der Waals surface area contributed by atoms with E-state index in [-0.39, 0.29) is 19.0 Å². The average molecular weight is 570 g/mol. The first-order valence-corrected chi connectivity index (χ1v) is 16.8. The standard InChI is InChI=1S/C33H63NO6/c1-4-7-10-12-14-15-17-21-25-30(24-20-16-13-11-8-5-2)29-39-31(35)26-22-18-23-28-38-33(37)34-40-32(36)27-19-9-6-3/h30H,4-29H2,1-3H3,(H,34,37). The summed E-state index contributed by atoms with van der Waals surface area (Å²) in [7, 11) is 0. The molecule has 7 heteroatoms. The summed E-state index contributed by atoms with van der Waals surface area (Å²) in [6.07, 6.45) is 25.4. The predicted molar refractivity (Wildman–Crippen MR) is 163 cm³/mol. The second-order valence-electron chi connectivity index (χ2n) is 11.3. The molecule has 0 spiro atoms. The van der Waals surface area contributed by atoms with Crippen molar-refractivity contribution in [3.8, 4) is 0 Å². The van der Waals surface area contributed by atoms with Gasteiger partial charge in [0, 0.05) is 12.8 Å². The number of hydrogen-bond donors (Lipinski definition) is 1. The zero-order chi connectivity index (χ0) is 29.5. The Labute approximate surface area is 246 Å². The fourth-order valence-electron chi connectivity index (χ4n) is 4.79. The number of nitrogens with one attached hydrogen (secondary N) is 1. The van der Waals surface area contributed by atoms with Crippen LogP contribution in [0.1, 0.15) is 175 Å². The molecular formula is C33H63NO6. The quantitative estimate of drug-likeness (QED) is 0.0436. The molecule has 0 aromatic rings. The highest BCUT2D eigenvalue weighted by Crippen LogP contribution is 2.20. The van der Waals surface area contributed by atoms with E-state index in [4.69, 9.17) is 9.47 Å². The molecule has 0 heterocycles. The first kappa shape index (κ1) is 38.2. The maximum atomic E-state index is 12.3. The van der Waals surface area contributed by atoms with Crippen molar-refractivity contribution in [3.05, 3.63) is 0 Å². The molecule has 0 bridgehead atoms. The Balaban J connectivity index is 4.01. The van der Waals surface area contributed by atoms with Gasteiger partial charge in [-0.3, -0.25) is 4.79 Å². The van der Waals surface area contributed by atoms with Gasteiger partial charge in [-0.05, 0) is 44.4 Å². The molecule has 7 nitrogen and oxygen atoms in total. The number of rotatable bonds is 28. The maximum absolute atomic E-state index is 12.3. The Morgan fingerprint density at radius 2 is 0.975 bits per heavy atom.